The average molecular weight is 398 g/mol. The topological polar surface area (TPSA) is 128 Å². The number of amides is 2. The van der Waals surface area contributed by atoms with Crippen LogP contribution in [0.25, 0.3) is 0 Å². The number of benzene rings is 2. The predicted octanol–water partition coefficient (Wildman–Crippen LogP) is -1.64. The van der Waals surface area contributed by atoms with E-state index in [1.165, 1.54) is 24.3 Å². The summed E-state index contributed by atoms with van der Waals surface area (Å²) in [6.07, 6.45) is 0. The second-order valence-corrected chi connectivity index (χ2v) is 6.42. The first-order valence-corrected chi connectivity index (χ1v) is 9.26. The normalized spacial score (nSPS) is 10.3. The summed E-state index contributed by atoms with van der Waals surface area (Å²) in [6.45, 7) is 2.31. The van der Waals surface area contributed by atoms with E-state index in [9.17, 15) is 14.6 Å². The molecule has 2 aromatic rings. The van der Waals surface area contributed by atoms with Gasteiger partial charge in [-0.2, -0.15) is 0 Å². The van der Waals surface area contributed by atoms with Gasteiger partial charge in [0.05, 0.1) is 13.2 Å². The molecule has 152 valence electrons. The molecule has 0 aliphatic heterocycles. The maximum absolute atomic E-state index is 12.0. The van der Waals surface area contributed by atoms with E-state index < -0.39 is 14.0 Å². The third-order valence-corrected chi connectivity index (χ3v) is 4.19. The van der Waals surface area contributed by atoms with E-state index >= 15 is 0 Å². The molecule has 2 aromatic carbocycles. The first-order valence-electron chi connectivity index (χ1n) is 9.26. The Kier molecular flexibility index (Phi) is 8.88. The van der Waals surface area contributed by atoms with Crippen LogP contribution in [0.2, 0.25) is 6.82 Å². The molecule has 0 radical (unpaired) electrons. The smallest absolute Gasteiger partial charge is 0.447 e. The van der Waals surface area contributed by atoms with E-state index in [4.69, 9.17) is 14.8 Å². The van der Waals surface area contributed by atoms with Gasteiger partial charge in [-0.15, -0.1) is 0 Å². The van der Waals surface area contributed by atoms with Gasteiger partial charge < -0.3 is 30.4 Å². The molecular formula is C19H24B2N2O6. The van der Waals surface area contributed by atoms with Crippen molar-refractivity contribution in [3.63, 3.8) is 0 Å². The lowest BCUT2D eigenvalue weighted by Gasteiger charge is -2.09. The first kappa shape index (κ1) is 22.6. The second-order valence-electron chi connectivity index (χ2n) is 6.42. The van der Waals surface area contributed by atoms with Crippen LogP contribution in [0.15, 0.2) is 48.5 Å². The number of hydrogen-bond donors (Lipinski definition) is 5. The summed E-state index contributed by atoms with van der Waals surface area (Å²) in [5.41, 5.74) is 1.96. The number of hydrogen-bond acceptors (Lipinski definition) is 6. The van der Waals surface area contributed by atoms with Crippen LogP contribution in [0, 0.1) is 0 Å². The van der Waals surface area contributed by atoms with E-state index in [0.717, 1.165) is 5.46 Å². The molecule has 2 rings (SSSR count). The maximum Gasteiger partial charge on any atom is 0.488 e. The third-order valence-electron chi connectivity index (χ3n) is 4.19. The highest BCUT2D eigenvalue weighted by Crippen LogP contribution is 1.98. The molecular weight excluding hydrogens is 374 g/mol. The number of carbonyl (C=O) groups excluding carboxylic acids is 2. The van der Waals surface area contributed by atoms with E-state index in [2.05, 4.69) is 10.6 Å². The van der Waals surface area contributed by atoms with Gasteiger partial charge in [-0.05, 0) is 35.2 Å². The van der Waals surface area contributed by atoms with Crippen molar-refractivity contribution < 1.29 is 29.4 Å². The van der Waals surface area contributed by atoms with Gasteiger partial charge in [-0.25, -0.2) is 0 Å². The maximum atomic E-state index is 12.0. The van der Waals surface area contributed by atoms with Gasteiger partial charge in [0.2, 0.25) is 0 Å². The monoisotopic (exact) mass is 398 g/mol. The van der Waals surface area contributed by atoms with Crippen molar-refractivity contribution in [2.24, 2.45) is 0 Å². The molecule has 0 saturated heterocycles. The zero-order valence-electron chi connectivity index (χ0n) is 16.2. The predicted molar refractivity (Wildman–Crippen MR) is 112 cm³/mol. The molecule has 0 aliphatic rings. The van der Waals surface area contributed by atoms with Crippen molar-refractivity contribution in [3.05, 3.63) is 59.7 Å². The largest absolute Gasteiger partial charge is 0.488 e. The molecule has 29 heavy (non-hydrogen) atoms. The fourth-order valence-electron chi connectivity index (χ4n) is 2.50. The Labute approximate surface area is 170 Å². The standard InChI is InChI=1S/C19H24B2N2O6/c1-20(26)16-6-2-14(3-7-16)18(24)22-10-12-29-13-11-23-19(25)15-4-8-17(9-5-15)21(27)28/h2-9,26-28H,10-13H2,1H3,(H,22,24)(H,23,25). The van der Waals surface area contributed by atoms with Gasteiger partial charge in [0.15, 0.2) is 0 Å². The van der Waals surface area contributed by atoms with Crippen LogP contribution in [0.3, 0.4) is 0 Å². The van der Waals surface area contributed by atoms with Gasteiger partial charge in [0.1, 0.15) is 0 Å². The summed E-state index contributed by atoms with van der Waals surface area (Å²) in [4.78, 5) is 24.0. The van der Waals surface area contributed by atoms with Gasteiger partial charge in [0.25, 0.3) is 11.8 Å². The van der Waals surface area contributed by atoms with E-state index in [1.807, 2.05) is 0 Å². The van der Waals surface area contributed by atoms with E-state index in [-0.39, 0.29) is 18.4 Å². The third kappa shape index (κ3) is 7.35. The highest BCUT2D eigenvalue weighted by Gasteiger charge is 2.12. The van der Waals surface area contributed by atoms with Crippen LogP contribution in [-0.2, 0) is 4.74 Å². The SMILES string of the molecule is CB(O)c1ccc(C(=O)NCCOCCNC(=O)c2ccc(B(O)O)cc2)cc1. The molecule has 0 atom stereocenters. The van der Waals surface area contributed by atoms with Crippen LogP contribution < -0.4 is 21.6 Å². The highest BCUT2D eigenvalue weighted by molar-refractivity contribution is 6.64. The second kappa shape index (κ2) is 11.4. The van der Waals surface area contributed by atoms with Crippen molar-refractivity contribution >= 4 is 36.8 Å². The Balaban J connectivity index is 1.59. The lowest BCUT2D eigenvalue weighted by Crippen LogP contribution is -2.32. The fourth-order valence-corrected chi connectivity index (χ4v) is 2.50. The Morgan fingerprint density at radius 2 is 1.21 bits per heavy atom. The number of rotatable bonds is 10. The fraction of sp³-hybridized carbons (Fsp3) is 0.263. The Morgan fingerprint density at radius 1 is 0.793 bits per heavy atom. The highest BCUT2D eigenvalue weighted by atomic mass is 16.5. The van der Waals surface area contributed by atoms with Crippen LogP contribution in [-0.4, -0.2) is 67.2 Å². The molecule has 0 heterocycles. The number of carbonyl (C=O) groups is 2. The molecule has 0 aromatic heterocycles. The van der Waals surface area contributed by atoms with Crippen molar-refractivity contribution in [3.8, 4) is 0 Å². The summed E-state index contributed by atoms with van der Waals surface area (Å²) in [5, 5.41) is 33.0. The lowest BCUT2D eigenvalue weighted by atomic mass is 9.64. The van der Waals surface area contributed by atoms with E-state index in [0.29, 0.717) is 36.3 Å². The van der Waals surface area contributed by atoms with Crippen LogP contribution in [0.4, 0.5) is 0 Å². The van der Waals surface area contributed by atoms with Crippen LogP contribution in [0.1, 0.15) is 20.7 Å². The van der Waals surface area contributed by atoms with Crippen molar-refractivity contribution in [2.75, 3.05) is 26.3 Å². The minimum atomic E-state index is -1.57. The van der Waals surface area contributed by atoms with Gasteiger partial charge in [-0.3, -0.25) is 9.59 Å². The van der Waals surface area contributed by atoms with Crippen molar-refractivity contribution in [1.82, 2.24) is 10.6 Å². The molecule has 0 fully saturated rings. The van der Waals surface area contributed by atoms with Crippen LogP contribution >= 0.6 is 0 Å². The Morgan fingerprint density at radius 3 is 1.59 bits per heavy atom. The average Bonchev–Trinajstić information content (AvgIpc) is 2.72. The van der Waals surface area contributed by atoms with Crippen LogP contribution in [0.5, 0.6) is 0 Å². The summed E-state index contributed by atoms with van der Waals surface area (Å²) >= 11 is 0. The number of ether oxygens (including phenoxy) is 1. The Bertz CT molecular complexity index is 730. The number of nitrogens with one attached hydrogen (secondary N) is 2. The summed E-state index contributed by atoms with van der Waals surface area (Å²) in [6, 6.07) is 12.7. The Hall–Kier alpha value is -2.65. The summed E-state index contributed by atoms with van der Waals surface area (Å²) in [7, 11) is -1.57. The molecule has 0 aliphatic carbocycles. The molecule has 10 heteroatoms. The lowest BCUT2D eigenvalue weighted by molar-refractivity contribution is 0.0892. The molecule has 2 amide bonds. The van der Waals surface area contributed by atoms with Gasteiger partial charge in [-0.1, -0.05) is 31.1 Å². The quantitative estimate of drug-likeness (QED) is 0.242. The summed E-state index contributed by atoms with van der Waals surface area (Å²) in [5.74, 6) is -0.517. The molecule has 0 saturated carbocycles. The molecule has 0 unspecified atom stereocenters. The van der Waals surface area contributed by atoms with Crippen molar-refractivity contribution in [1.29, 1.82) is 0 Å². The zero-order chi connectivity index (χ0) is 21.2. The van der Waals surface area contributed by atoms with E-state index in [1.54, 1.807) is 31.1 Å². The molecule has 0 bridgehead atoms. The summed E-state index contributed by atoms with van der Waals surface area (Å²) < 4.78 is 5.38. The molecule has 0 spiro atoms. The first-order chi connectivity index (χ1) is 13.9. The van der Waals surface area contributed by atoms with Crippen molar-refractivity contribution in [2.45, 2.75) is 6.82 Å². The minimum Gasteiger partial charge on any atom is -0.447 e. The van der Waals surface area contributed by atoms with Gasteiger partial charge in [0, 0.05) is 24.2 Å². The zero-order valence-corrected chi connectivity index (χ0v) is 16.2. The van der Waals surface area contributed by atoms with Gasteiger partial charge >= 0.3 is 14.0 Å². The molecule has 8 nitrogen and oxygen atoms in total. The minimum absolute atomic E-state index is 0.226. The molecule has 5 N–H and O–H groups in total.